The van der Waals surface area contributed by atoms with Crippen LogP contribution in [0, 0.1) is 12.8 Å². The SMILES string of the molecule is Cc1cc([C@@H](C)O)ncc1-c1cc2cnc(NC(=O)[C@H]3C[C@H]3F)cc2n(C)c1=O. The van der Waals surface area contributed by atoms with E-state index in [2.05, 4.69) is 15.3 Å². The van der Waals surface area contributed by atoms with E-state index in [1.807, 2.05) is 6.92 Å². The molecule has 7 nitrogen and oxygen atoms in total. The predicted octanol–water partition coefficient (Wildman–Crippen LogP) is 2.65. The lowest BCUT2D eigenvalue weighted by Crippen LogP contribution is -2.20. The molecule has 0 bridgehead atoms. The summed E-state index contributed by atoms with van der Waals surface area (Å²) in [6.07, 6.45) is 1.62. The van der Waals surface area contributed by atoms with E-state index in [4.69, 9.17) is 0 Å². The third-order valence-corrected chi connectivity index (χ3v) is 5.26. The predicted molar refractivity (Wildman–Crippen MR) is 107 cm³/mol. The molecule has 1 aliphatic rings. The van der Waals surface area contributed by atoms with Gasteiger partial charge in [-0.2, -0.15) is 0 Å². The fourth-order valence-corrected chi connectivity index (χ4v) is 3.37. The molecule has 1 saturated carbocycles. The van der Waals surface area contributed by atoms with Gasteiger partial charge in [0.1, 0.15) is 12.0 Å². The van der Waals surface area contributed by atoms with Gasteiger partial charge >= 0.3 is 0 Å². The standard InChI is InChI=1S/C21H21FN4O3/c1-10-4-17(11(2)27)23-9-15(10)13-5-12-8-24-19(7-18(12)26(3)21(13)29)25-20(28)14-6-16(14)22/h4-5,7-9,11,14,16,27H,6H2,1-3H3,(H,24,25,28)/t11-,14+,16-/m1/s1. The summed E-state index contributed by atoms with van der Waals surface area (Å²) >= 11 is 0. The summed E-state index contributed by atoms with van der Waals surface area (Å²) in [4.78, 5) is 33.4. The minimum absolute atomic E-state index is 0.221. The number of hydrogen-bond donors (Lipinski definition) is 2. The quantitative estimate of drug-likeness (QED) is 0.707. The number of aromatic nitrogens is 3. The molecule has 0 radical (unpaired) electrons. The van der Waals surface area contributed by atoms with Crippen LogP contribution in [0.3, 0.4) is 0 Å². The molecule has 3 heterocycles. The summed E-state index contributed by atoms with van der Waals surface area (Å²) in [7, 11) is 1.64. The van der Waals surface area contributed by atoms with Gasteiger partial charge in [0, 0.05) is 42.0 Å². The highest BCUT2D eigenvalue weighted by atomic mass is 19.1. The normalized spacial score (nSPS) is 19.2. The minimum Gasteiger partial charge on any atom is -0.387 e. The highest BCUT2D eigenvalue weighted by Crippen LogP contribution is 2.34. The van der Waals surface area contributed by atoms with Crippen molar-refractivity contribution in [2.75, 3.05) is 5.32 Å². The first kappa shape index (κ1) is 19.2. The molecule has 2 N–H and O–H groups in total. The number of nitrogens with one attached hydrogen (secondary N) is 1. The number of aryl methyl sites for hydroxylation is 2. The average molecular weight is 396 g/mol. The number of aliphatic hydroxyl groups excluding tert-OH is 1. The zero-order chi connectivity index (χ0) is 20.9. The Balaban J connectivity index is 1.74. The Kier molecular flexibility index (Phi) is 4.66. The van der Waals surface area contributed by atoms with Crippen molar-refractivity contribution in [1.29, 1.82) is 0 Å². The van der Waals surface area contributed by atoms with Gasteiger partial charge in [-0.25, -0.2) is 9.37 Å². The smallest absolute Gasteiger partial charge is 0.258 e. The lowest BCUT2D eigenvalue weighted by Gasteiger charge is -2.13. The second-order valence-electron chi connectivity index (χ2n) is 7.50. The van der Waals surface area contributed by atoms with Crippen LogP contribution >= 0.6 is 0 Å². The summed E-state index contributed by atoms with van der Waals surface area (Å²) in [5.41, 5.74) is 2.90. The Bertz CT molecular complexity index is 1190. The first-order valence-electron chi connectivity index (χ1n) is 9.36. The highest BCUT2D eigenvalue weighted by molar-refractivity contribution is 5.95. The molecular weight excluding hydrogens is 375 g/mol. The topological polar surface area (TPSA) is 97.1 Å². The van der Waals surface area contributed by atoms with E-state index < -0.39 is 24.1 Å². The number of alkyl halides is 1. The molecule has 150 valence electrons. The molecule has 0 saturated heterocycles. The van der Waals surface area contributed by atoms with Crippen LogP contribution in [-0.2, 0) is 11.8 Å². The minimum atomic E-state index is -1.08. The summed E-state index contributed by atoms with van der Waals surface area (Å²) in [5, 5.41) is 13.0. The number of aliphatic hydroxyl groups is 1. The number of carbonyl (C=O) groups excluding carboxylic acids is 1. The molecule has 3 atom stereocenters. The molecule has 3 aromatic heterocycles. The molecule has 8 heteroatoms. The molecular formula is C21H21FN4O3. The van der Waals surface area contributed by atoms with E-state index >= 15 is 0 Å². The molecule has 0 aliphatic heterocycles. The van der Waals surface area contributed by atoms with Crippen LogP contribution in [0.25, 0.3) is 22.0 Å². The Morgan fingerprint density at radius 1 is 1.28 bits per heavy atom. The number of fused-ring (bicyclic) bond motifs is 1. The summed E-state index contributed by atoms with van der Waals surface area (Å²) < 4.78 is 14.5. The fourth-order valence-electron chi connectivity index (χ4n) is 3.37. The molecule has 1 aliphatic carbocycles. The van der Waals surface area contributed by atoms with Gasteiger partial charge in [-0.05, 0) is 38.0 Å². The van der Waals surface area contributed by atoms with E-state index in [1.54, 1.807) is 44.6 Å². The number of carbonyl (C=O) groups is 1. The van der Waals surface area contributed by atoms with E-state index in [0.717, 1.165) is 5.56 Å². The number of amides is 1. The second kappa shape index (κ2) is 7.04. The van der Waals surface area contributed by atoms with Gasteiger partial charge in [-0.3, -0.25) is 14.6 Å². The van der Waals surface area contributed by atoms with E-state index in [0.29, 0.717) is 27.7 Å². The number of rotatable bonds is 4. The monoisotopic (exact) mass is 396 g/mol. The molecule has 0 aromatic carbocycles. The maximum atomic E-state index is 13.1. The van der Waals surface area contributed by atoms with Crippen LogP contribution in [-0.4, -0.2) is 31.7 Å². The first-order chi connectivity index (χ1) is 13.8. The molecule has 29 heavy (non-hydrogen) atoms. The zero-order valence-corrected chi connectivity index (χ0v) is 16.3. The summed E-state index contributed by atoms with van der Waals surface area (Å²) in [5.74, 6) is -0.729. The van der Waals surface area contributed by atoms with E-state index in [1.165, 1.54) is 4.57 Å². The van der Waals surface area contributed by atoms with Crippen molar-refractivity contribution in [2.24, 2.45) is 13.0 Å². The zero-order valence-electron chi connectivity index (χ0n) is 16.3. The number of hydrogen-bond acceptors (Lipinski definition) is 5. The van der Waals surface area contributed by atoms with Gasteiger partial charge in [-0.15, -0.1) is 0 Å². The summed E-state index contributed by atoms with van der Waals surface area (Å²) in [6.45, 7) is 3.49. The largest absolute Gasteiger partial charge is 0.387 e. The van der Waals surface area contributed by atoms with Crippen molar-refractivity contribution in [3.63, 3.8) is 0 Å². The average Bonchev–Trinajstić information content (AvgIpc) is 3.42. The third-order valence-electron chi connectivity index (χ3n) is 5.26. The Hall–Kier alpha value is -3.13. The highest BCUT2D eigenvalue weighted by Gasteiger charge is 2.43. The van der Waals surface area contributed by atoms with Crippen LogP contribution in [0.1, 0.15) is 30.7 Å². The first-order valence-corrected chi connectivity index (χ1v) is 9.36. The van der Waals surface area contributed by atoms with Crippen LogP contribution in [0.15, 0.2) is 35.4 Å². The number of anilines is 1. The van der Waals surface area contributed by atoms with Crippen LogP contribution in [0.5, 0.6) is 0 Å². The lowest BCUT2D eigenvalue weighted by molar-refractivity contribution is -0.117. The number of pyridine rings is 3. The van der Waals surface area contributed by atoms with E-state index in [9.17, 15) is 19.1 Å². The van der Waals surface area contributed by atoms with Gasteiger partial charge in [0.25, 0.3) is 5.56 Å². The van der Waals surface area contributed by atoms with Gasteiger partial charge in [0.15, 0.2) is 0 Å². The molecule has 0 spiro atoms. The van der Waals surface area contributed by atoms with Crippen molar-refractivity contribution < 1.29 is 14.3 Å². The van der Waals surface area contributed by atoms with Crippen molar-refractivity contribution in [3.05, 3.63) is 52.2 Å². The molecule has 4 rings (SSSR count). The second-order valence-corrected chi connectivity index (χ2v) is 7.50. The number of nitrogens with zero attached hydrogens (tertiary/aromatic N) is 3. The van der Waals surface area contributed by atoms with Gasteiger partial charge in [-0.1, -0.05) is 0 Å². The Labute approximate surface area is 166 Å². The summed E-state index contributed by atoms with van der Waals surface area (Å²) in [6, 6.07) is 5.10. The number of halogens is 1. The van der Waals surface area contributed by atoms with Crippen molar-refractivity contribution >= 4 is 22.6 Å². The molecule has 0 unspecified atom stereocenters. The van der Waals surface area contributed by atoms with Crippen LogP contribution < -0.4 is 10.9 Å². The molecule has 1 amide bonds. The van der Waals surface area contributed by atoms with E-state index in [-0.39, 0.29) is 17.8 Å². The van der Waals surface area contributed by atoms with Crippen LogP contribution in [0.2, 0.25) is 0 Å². The maximum Gasteiger partial charge on any atom is 0.258 e. The third kappa shape index (κ3) is 3.51. The lowest BCUT2D eigenvalue weighted by atomic mass is 10.0. The van der Waals surface area contributed by atoms with Crippen molar-refractivity contribution in [1.82, 2.24) is 14.5 Å². The van der Waals surface area contributed by atoms with Gasteiger partial charge in [0.2, 0.25) is 5.91 Å². The van der Waals surface area contributed by atoms with Gasteiger partial charge < -0.3 is 15.0 Å². The Morgan fingerprint density at radius 3 is 2.62 bits per heavy atom. The molecule has 1 fully saturated rings. The molecule has 3 aromatic rings. The maximum absolute atomic E-state index is 13.1. The fraction of sp³-hybridized carbons (Fsp3) is 0.333. The van der Waals surface area contributed by atoms with Crippen LogP contribution in [0.4, 0.5) is 10.2 Å². The van der Waals surface area contributed by atoms with Gasteiger partial charge in [0.05, 0.1) is 23.2 Å². The Morgan fingerprint density at radius 2 is 2.00 bits per heavy atom. The van der Waals surface area contributed by atoms with Crippen molar-refractivity contribution in [2.45, 2.75) is 32.5 Å². The van der Waals surface area contributed by atoms with Crippen molar-refractivity contribution in [3.8, 4) is 11.1 Å².